The number of nitrogens with zero attached hydrogens (tertiary/aromatic N) is 1. The second-order valence-corrected chi connectivity index (χ2v) is 7.78. The van der Waals surface area contributed by atoms with E-state index in [-0.39, 0.29) is 11.3 Å². The van der Waals surface area contributed by atoms with Crippen LogP contribution in [0.3, 0.4) is 0 Å². The molecule has 3 nitrogen and oxygen atoms in total. The van der Waals surface area contributed by atoms with Gasteiger partial charge in [-0.3, -0.25) is 4.79 Å². The maximum Gasteiger partial charge on any atom is 0.231 e. The molecule has 2 heterocycles. The minimum atomic E-state index is -0.228. The first-order valence-corrected chi connectivity index (χ1v) is 9.14. The molecule has 1 N–H and O–H groups in total. The number of hydrogen-bond donors (Lipinski definition) is 1. The molecule has 0 aromatic heterocycles. The van der Waals surface area contributed by atoms with Crippen LogP contribution in [-0.2, 0) is 11.2 Å². The van der Waals surface area contributed by atoms with Crippen LogP contribution in [0.5, 0.6) is 0 Å². The quantitative estimate of drug-likeness (QED) is 0.709. The summed E-state index contributed by atoms with van der Waals surface area (Å²) in [7, 11) is 0. The van der Waals surface area contributed by atoms with Gasteiger partial charge in [-0.05, 0) is 77.7 Å². The maximum absolute atomic E-state index is 12.7. The number of nitrogens with one attached hydrogen (secondary N) is 1. The molecule has 0 atom stereocenters. The maximum atomic E-state index is 12.7. The highest BCUT2D eigenvalue weighted by atomic mass is 127. The van der Waals surface area contributed by atoms with Gasteiger partial charge in [0.05, 0.1) is 5.41 Å². The van der Waals surface area contributed by atoms with Crippen molar-refractivity contribution >= 4 is 39.9 Å². The van der Waals surface area contributed by atoms with E-state index in [9.17, 15) is 4.79 Å². The van der Waals surface area contributed by atoms with Crippen LogP contribution >= 0.6 is 22.6 Å². The highest BCUT2D eigenvalue weighted by Gasteiger charge is 2.44. The number of para-hydroxylation sites is 1. The van der Waals surface area contributed by atoms with Gasteiger partial charge in [-0.15, -0.1) is 0 Å². The number of rotatable bonds is 1. The Labute approximate surface area is 150 Å². The lowest BCUT2D eigenvalue weighted by molar-refractivity contribution is -0.127. The molecule has 0 unspecified atom stereocenters. The molecule has 4 rings (SSSR count). The van der Waals surface area contributed by atoms with Gasteiger partial charge in [0.1, 0.15) is 0 Å². The Morgan fingerprint density at radius 2 is 1.70 bits per heavy atom. The second-order valence-electron chi connectivity index (χ2n) is 6.53. The SMILES string of the molecule is O=C1Nc2ccccc2CC12CCN(c1ccc(I)cc1)CC2. The molecule has 1 saturated heterocycles. The van der Waals surface area contributed by atoms with Gasteiger partial charge in [0.15, 0.2) is 0 Å². The van der Waals surface area contributed by atoms with Crippen molar-refractivity contribution in [2.45, 2.75) is 19.3 Å². The van der Waals surface area contributed by atoms with E-state index in [0.29, 0.717) is 0 Å². The van der Waals surface area contributed by atoms with Crippen molar-refractivity contribution in [1.82, 2.24) is 0 Å². The third-order valence-electron chi connectivity index (χ3n) is 5.19. The van der Waals surface area contributed by atoms with Crippen molar-refractivity contribution < 1.29 is 4.79 Å². The number of benzene rings is 2. The average Bonchev–Trinajstić information content (AvgIpc) is 2.58. The van der Waals surface area contributed by atoms with Gasteiger partial charge in [0.2, 0.25) is 5.91 Å². The number of carbonyl (C=O) groups excluding carboxylic acids is 1. The molecule has 1 fully saturated rings. The second kappa shape index (κ2) is 5.82. The van der Waals surface area contributed by atoms with Gasteiger partial charge in [-0.1, -0.05) is 18.2 Å². The molecule has 2 aromatic rings. The Bertz CT molecular complexity index is 733. The normalized spacial score (nSPS) is 19.3. The van der Waals surface area contributed by atoms with E-state index in [4.69, 9.17) is 0 Å². The molecule has 1 spiro atoms. The Hall–Kier alpha value is -1.56. The van der Waals surface area contributed by atoms with E-state index in [1.165, 1.54) is 14.8 Å². The number of halogens is 1. The standard InChI is InChI=1S/C19H19IN2O/c20-15-5-7-16(8-6-15)22-11-9-19(10-12-22)13-14-3-1-2-4-17(14)21-18(19)23/h1-8H,9-13H2,(H,21,23). The summed E-state index contributed by atoms with van der Waals surface area (Å²) in [6.07, 6.45) is 2.70. The van der Waals surface area contributed by atoms with E-state index in [1.807, 2.05) is 12.1 Å². The molecular formula is C19H19IN2O. The average molecular weight is 418 g/mol. The fraction of sp³-hybridized carbons (Fsp3) is 0.316. The minimum absolute atomic E-state index is 0.207. The van der Waals surface area contributed by atoms with Crippen LogP contribution in [0.2, 0.25) is 0 Å². The Balaban J connectivity index is 1.52. The fourth-order valence-electron chi connectivity index (χ4n) is 3.74. The van der Waals surface area contributed by atoms with E-state index < -0.39 is 0 Å². The predicted molar refractivity (Wildman–Crippen MR) is 102 cm³/mol. The van der Waals surface area contributed by atoms with Crippen LogP contribution in [0, 0.1) is 8.99 Å². The third-order valence-corrected chi connectivity index (χ3v) is 5.91. The van der Waals surface area contributed by atoms with Gasteiger partial charge >= 0.3 is 0 Å². The van der Waals surface area contributed by atoms with E-state index in [2.05, 4.69) is 69.2 Å². The van der Waals surface area contributed by atoms with Crippen molar-refractivity contribution in [1.29, 1.82) is 0 Å². The lowest BCUT2D eigenvalue weighted by Gasteiger charge is -2.44. The number of amides is 1. The smallest absolute Gasteiger partial charge is 0.231 e. The van der Waals surface area contributed by atoms with Crippen molar-refractivity contribution in [3.63, 3.8) is 0 Å². The Kier molecular flexibility index (Phi) is 3.79. The van der Waals surface area contributed by atoms with E-state index in [0.717, 1.165) is 38.0 Å². The van der Waals surface area contributed by atoms with Gasteiger partial charge < -0.3 is 10.2 Å². The zero-order valence-corrected chi connectivity index (χ0v) is 15.0. The van der Waals surface area contributed by atoms with E-state index in [1.54, 1.807) is 0 Å². The van der Waals surface area contributed by atoms with Crippen molar-refractivity contribution in [2.75, 3.05) is 23.3 Å². The molecule has 23 heavy (non-hydrogen) atoms. The molecule has 0 bridgehead atoms. The summed E-state index contributed by atoms with van der Waals surface area (Å²) in [6, 6.07) is 16.8. The summed E-state index contributed by atoms with van der Waals surface area (Å²) in [6.45, 7) is 1.88. The van der Waals surface area contributed by atoms with Crippen LogP contribution < -0.4 is 10.2 Å². The van der Waals surface area contributed by atoms with Gasteiger partial charge in [0, 0.05) is 28.0 Å². The molecule has 118 valence electrons. The van der Waals surface area contributed by atoms with Crippen LogP contribution in [-0.4, -0.2) is 19.0 Å². The molecular weight excluding hydrogens is 399 g/mol. The minimum Gasteiger partial charge on any atom is -0.371 e. The lowest BCUT2D eigenvalue weighted by atomic mass is 9.71. The van der Waals surface area contributed by atoms with Gasteiger partial charge in [0.25, 0.3) is 0 Å². The molecule has 1 amide bonds. The number of hydrogen-bond acceptors (Lipinski definition) is 2. The van der Waals surface area contributed by atoms with Gasteiger partial charge in [-0.25, -0.2) is 0 Å². The molecule has 0 saturated carbocycles. The first-order chi connectivity index (χ1) is 11.2. The molecule has 4 heteroatoms. The molecule has 0 radical (unpaired) electrons. The topological polar surface area (TPSA) is 32.3 Å². The largest absolute Gasteiger partial charge is 0.371 e. The summed E-state index contributed by atoms with van der Waals surface area (Å²) >= 11 is 2.33. The zero-order valence-electron chi connectivity index (χ0n) is 12.9. The molecule has 2 aliphatic rings. The molecule has 0 aliphatic carbocycles. The van der Waals surface area contributed by atoms with Crippen LogP contribution in [0.15, 0.2) is 48.5 Å². The number of anilines is 2. The summed E-state index contributed by atoms with van der Waals surface area (Å²) in [5, 5.41) is 3.12. The lowest BCUT2D eigenvalue weighted by Crippen LogP contribution is -2.49. The molecule has 2 aromatic carbocycles. The number of piperidine rings is 1. The Morgan fingerprint density at radius 1 is 1.00 bits per heavy atom. The zero-order chi connectivity index (χ0) is 15.9. The first-order valence-electron chi connectivity index (χ1n) is 8.06. The van der Waals surface area contributed by atoms with E-state index >= 15 is 0 Å². The molecule has 2 aliphatic heterocycles. The van der Waals surface area contributed by atoms with Crippen LogP contribution in [0.25, 0.3) is 0 Å². The van der Waals surface area contributed by atoms with Crippen LogP contribution in [0.1, 0.15) is 18.4 Å². The number of carbonyl (C=O) groups is 1. The highest BCUT2D eigenvalue weighted by molar-refractivity contribution is 14.1. The Morgan fingerprint density at radius 3 is 2.43 bits per heavy atom. The summed E-state index contributed by atoms with van der Waals surface area (Å²) in [5.41, 5.74) is 3.29. The van der Waals surface area contributed by atoms with Crippen molar-refractivity contribution in [2.24, 2.45) is 5.41 Å². The third kappa shape index (κ3) is 2.73. The van der Waals surface area contributed by atoms with Crippen molar-refractivity contribution in [3.05, 3.63) is 57.7 Å². The highest BCUT2D eigenvalue weighted by Crippen LogP contribution is 2.42. The summed E-state index contributed by atoms with van der Waals surface area (Å²) in [4.78, 5) is 15.1. The van der Waals surface area contributed by atoms with Crippen molar-refractivity contribution in [3.8, 4) is 0 Å². The predicted octanol–water partition coefficient (Wildman–Crippen LogP) is 4.07. The first kappa shape index (κ1) is 15.0. The fourth-order valence-corrected chi connectivity index (χ4v) is 4.10. The monoisotopic (exact) mass is 418 g/mol. The van der Waals surface area contributed by atoms with Gasteiger partial charge in [-0.2, -0.15) is 0 Å². The summed E-state index contributed by atoms with van der Waals surface area (Å²) in [5.74, 6) is 0.207. The number of fused-ring (bicyclic) bond motifs is 1. The van der Waals surface area contributed by atoms with Crippen LogP contribution in [0.4, 0.5) is 11.4 Å². The summed E-state index contributed by atoms with van der Waals surface area (Å²) < 4.78 is 1.25.